The number of ether oxygens (including phenoxy) is 2. The second-order valence-electron chi connectivity index (χ2n) is 7.62. The van der Waals surface area contributed by atoms with Crippen molar-refractivity contribution in [2.45, 2.75) is 32.7 Å². The zero-order valence-electron chi connectivity index (χ0n) is 17.6. The van der Waals surface area contributed by atoms with Gasteiger partial charge >= 0.3 is 0 Å². The molecule has 1 saturated heterocycles. The lowest BCUT2D eigenvalue weighted by Gasteiger charge is -2.17. The summed E-state index contributed by atoms with van der Waals surface area (Å²) in [7, 11) is 3.20. The van der Waals surface area contributed by atoms with Gasteiger partial charge in [0.25, 0.3) is 0 Å². The van der Waals surface area contributed by atoms with E-state index in [0.29, 0.717) is 42.7 Å². The van der Waals surface area contributed by atoms with E-state index in [2.05, 4.69) is 24.0 Å². The van der Waals surface area contributed by atoms with E-state index < -0.39 is 0 Å². The van der Waals surface area contributed by atoms with Gasteiger partial charge < -0.3 is 18.9 Å². The van der Waals surface area contributed by atoms with Gasteiger partial charge in [0.05, 0.1) is 20.1 Å². The number of rotatable bonds is 6. The molecule has 2 heterocycles. The number of hydrogen-bond donors (Lipinski definition) is 0. The van der Waals surface area contributed by atoms with E-state index >= 15 is 0 Å². The summed E-state index contributed by atoms with van der Waals surface area (Å²) in [5.74, 6) is 2.33. The summed E-state index contributed by atoms with van der Waals surface area (Å²) in [5.41, 5.74) is 4.29. The number of nitrogens with zero attached hydrogens (tertiary/aromatic N) is 3. The summed E-state index contributed by atoms with van der Waals surface area (Å²) in [4.78, 5) is 19.0. The Labute approximate surface area is 175 Å². The minimum Gasteiger partial charge on any atom is -0.493 e. The van der Waals surface area contributed by atoms with Crippen molar-refractivity contribution in [1.29, 1.82) is 0 Å². The maximum Gasteiger partial charge on any atom is 0.232 e. The van der Waals surface area contributed by atoms with Crippen molar-refractivity contribution in [2.24, 2.45) is 0 Å². The highest BCUT2D eigenvalue weighted by atomic mass is 16.5. The van der Waals surface area contributed by atoms with Crippen LogP contribution in [0.4, 0.5) is 0 Å². The van der Waals surface area contributed by atoms with E-state index in [9.17, 15) is 4.79 Å². The molecule has 4 rings (SSSR count). The molecule has 2 aromatic carbocycles. The largest absolute Gasteiger partial charge is 0.493 e. The van der Waals surface area contributed by atoms with Gasteiger partial charge in [0.2, 0.25) is 17.6 Å². The number of aromatic nitrogens is 2. The Kier molecular flexibility index (Phi) is 5.44. The second-order valence-corrected chi connectivity index (χ2v) is 7.62. The molecule has 7 nitrogen and oxygen atoms in total. The van der Waals surface area contributed by atoms with Crippen LogP contribution in [-0.4, -0.2) is 41.7 Å². The first-order valence-electron chi connectivity index (χ1n) is 9.88. The van der Waals surface area contributed by atoms with Gasteiger partial charge in [0.15, 0.2) is 11.5 Å². The van der Waals surface area contributed by atoms with Crippen molar-refractivity contribution in [2.75, 3.05) is 20.8 Å². The Morgan fingerprint density at radius 2 is 1.87 bits per heavy atom. The number of methoxy groups -OCH3 is 2. The van der Waals surface area contributed by atoms with Crippen LogP contribution < -0.4 is 9.47 Å². The molecule has 0 N–H and O–H groups in total. The Balaban J connectivity index is 1.47. The quantitative estimate of drug-likeness (QED) is 0.617. The third-order valence-corrected chi connectivity index (χ3v) is 5.59. The van der Waals surface area contributed by atoms with E-state index in [0.717, 1.165) is 11.1 Å². The minimum atomic E-state index is -0.106. The molecule has 0 bridgehead atoms. The van der Waals surface area contributed by atoms with Crippen molar-refractivity contribution in [3.63, 3.8) is 0 Å². The zero-order valence-corrected chi connectivity index (χ0v) is 17.6. The first-order valence-corrected chi connectivity index (χ1v) is 9.88. The zero-order chi connectivity index (χ0) is 21.3. The summed E-state index contributed by atoms with van der Waals surface area (Å²) in [6.45, 7) is 5.16. The molecule has 0 radical (unpaired) electrons. The van der Waals surface area contributed by atoms with Crippen molar-refractivity contribution in [3.8, 4) is 22.9 Å². The Morgan fingerprint density at radius 3 is 2.60 bits per heavy atom. The van der Waals surface area contributed by atoms with Crippen LogP contribution >= 0.6 is 0 Å². The molecule has 30 heavy (non-hydrogen) atoms. The highest BCUT2D eigenvalue weighted by Gasteiger charge is 2.34. The number of likely N-dealkylation sites (tertiary alicyclic amines) is 1. The van der Waals surface area contributed by atoms with E-state index in [1.807, 2.05) is 41.3 Å². The number of amides is 1. The molecule has 0 saturated carbocycles. The molecule has 7 heteroatoms. The van der Waals surface area contributed by atoms with Gasteiger partial charge in [0.1, 0.15) is 0 Å². The van der Waals surface area contributed by atoms with Gasteiger partial charge in [-0.2, -0.15) is 4.98 Å². The van der Waals surface area contributed by atoms with Gasteiger partial charge in [-0.3, -0.25) is 4.79 Å². The molecule has 1 aliphatic rings. The normalized spacial score (nSPS) is 16.2. The molecular weight excluding hydrogens is 382 g/mol. The first kappa shape index (κ1) is 19.9. The second kappa shape index (κ2) is 8.18. The standard InChI is InChI=1S/C23H25N3O4/c1-14-5-7-17(9-15(14)2)22-24-23(30-25-22)18-11-21(27)26(13-18)12-16-6-8-19(28-3)20(10-16)29-4/h5-10,18H,11-13H2,1-4H3. The van der Waals surface area contributed by atoms with Crippen LogP contribution in [0.1, 0.15) is 34.9 Å². The molecule has 156 valence electrons. The van der Waals surface area contributed by atoms with E-state index in [1.54, 1.807) is 14.2 Å². The molecule has 0 aliphatic carbocycles. The van der Waals surface area contributed by atoms with Crippen LogP contribution in [0.5, 0.6) is 11.5 Å². The lowest BCUT2D eigenvalue weighted by atomic mass is 10.1. The molecular formula is C23H25N3O4. The molecule has 0 spiro atoms. The predicted octanol–water partition coefficient (Wildman–Crippen LogP) is 3.89. The van der Waals surface area contributed by atoms with Crippen LogP contribution in [0.2, 0.25) is 0 Å². The van der Waals surface area contributed by atoms with Gasteiger partial charge in [-0.1, -0.05) is 23.4 Å². The summed E-state index contributed by atoms with van der Waals surface area (Å²) in [6, 6.07) is 11.8. The Hall–Kier alpha value is -3.35. The van der Waals surface area contributed by atoms with Crippen LogP contribution in [0, 0.1) is 13.8 Å². The molecule has 1 amide bonds. The van der Waals surface area contributed by atoms with Crippen molar-refractivity contribution >= 4 is 5.91 Å². The van der Waals surface area contributed by atoms with Crippen LogP contribution in [0.15, 0.2) is 40.9 Å². The summed E-state index contributed by atoms with van der Waals surface area (Å²) < 4.78 is 16.1. The van der Waals surface area contributed by atoms with Gasteiger partial charge in [-0.15, -0.1) is 0 Å². The molecule has 1 aliphatic heterocycles. The van der Waals surface area contributed by atoms with E-state index in [1.165, 1.54) is 11.1 Å². The number of aryl methyl sites for hydroxylation is 2. The maximum atomic E-state index is 12.6. The smallest absolute Gasteiger partial charge is 0.232 e. The van der Waals surface area contributed by atoms with Crippen LogP contribution in [0.3, 0.4) is 0 Å². The fraction of sp³-hybridized carbons (Fsp3) is 0.348. The number of carbonyl (C=O) groups is 1. The predicted molar refractivity (Wildman–Crippen MR) is 112 cm³/mol. The SMILES string of the molecule is COc1ccc(CN2CC(c3nc(-c4ccc(C)c(C)c4)no3)CC2=O)cc1OC. The Bertz CT molecular complexity index is 1080. The maximum absolute atomic E-state index is 12.6. The molecule has 1 aromatic heterocycles. The van der Waals surface area contributed by atoms with Crippen molar-refractivity contribution in [3.05, 3.63) is 59.0 Å². The lowest BCUT2D eigenvalue weighted by molar-refractivity contribution is -0.128. The van der Waals surface area contributed by atoms with Crippen LogP contribution in [-0.2, 0) is 11.3 Å². The summed E-state index contributed by atoms with van der Waals surface area (Å²) in [5, 5.41) is 4.13. The molecule has 3 aromatic rings. The molecule has 1 atom stereocenters. The molecule has 1 fully saturated rings. The summed E-state index contributed by atoms with van der Waals surface area (Å²) >= 11 is 0. The highest BCUT2D eigenvalue weighted by molar-refractivity contribution is 5.79. The lowest BCUT2D eigenvalue weighted by Crippen LogP contribution is -2.24. The average molecular weight is 407 g/mol. The van der Waals surface area contributed by atoms with Gasteiger partial charge in [-0.25, -0.2) is 0 Å². The number of carbonyl (C=O) groups excluding carboxylic acids is 1. The fourth-order valence-corrected chi connectivity index (χ4v) is 3.69. The van der Waals surface area contributed by atoms with Crippen molar-refractivity contribution < 1.29 is 18.8 Å². The third kappa shape index (κ3) is 3.87. The number of benzene rings is 2. The Morgan fingerprint density at radius 1 is 1.07 bits per heavy atom. The van der Waals surface area contributed by atoms with Gasteiger partial charge in [0, 0.05) is 25.1 Å². The monoisotopic (exact) mass is 407 g/mol. The van der Waals surface area contributed by atoms with Gasteiger partial charge in [-0.05, 0) is 48.7 Å². The fourth-order valence-electron chi connectivity index (χ4n) is 3.69. The highest BCUT2D eigenvalue weighted by Crippen LogP contribution is 2.32. The topological polar surface area (TPSA) is 77.7 Å². The van der Waals surface area contributed by atoms with Crippen molar-refractivity contribution in [1.82, 2.24) is 15.0 Å². The van der Waals surface area contributed by atoms with E-state index in [-0.39, 0.29) is 11.8 Å². The van der Waals surface area contributed by atoms with Crippen LogP contribution in [0.25, 0.3) is 11.4 Å². The summed E-state index contributed by atoms with van der Waals surface area (Å²) in [6.07, 6.45) is 0.363. The van der Waals surface area contributed by atoms with E-state index in [4.69, 9.17) is 14.0 Å². The number of hydrogen-bond acceptors (Lipinski definition) is 6. The first-order chi connectivity index (χ1) is 14.5. The third-order valence-electron chi connectivity index (χ3n) is 5.59. The average Bonchev–Trinajstić information content (AvgIpc) is 3.37. The minimum absolute atomic E-state index is 0.0701. The molecule has 1 unspecified atom stereocenters.